The molecule has 0 aromatic rings. The van der Waals surface area contributed by atoms with Crippen molar-refractivity contribution < 1.29 is 0 Å². The number of nitrogens with two attached hydrogens (primary N) is 1. The molecule has 1 nitrogen and oxygen atoms in total. The molecule has 3 atom stereocenters. The highest BCUT2D eigenvalue weighted by atomic mass is 14.7. The molecule has 0 saturated heterocycles. The van der Waals surface area contributed by atoms with E-state index in [-0.39, 0.29) is 0 Å². The third kappa shape index (κ3) is 3.21. The molecular weight excluding hydrogens is 182 g/mol. The predicted octanol–water partition coefficient (Wildman–Crippen LogP) is 3.86. The van der Waals surface area contributed by atoms with Gasteiger partial charge in [-0.3, -0.25) is 0 Å². The van der Waals surface area contributed by atoms with Gasteiger partial charge in [0.25, 0.3) is 0 Å². The van der Waals surface area contributed by atoms with Gasteiger partial charge in [0.1, 0.15) is 0 Å². The van der Waals surface area contributed by atoms with Gasteiger partial charge in [-0.15, -0.1) is 0 Å². The average Bonchev–Trinajstić information content (AvgIpc) is 2.36. The molecule has 0 bridgehead atoms. The van der Waals surface area contributed by atoms with Gasteiger partial charge in [-0.2, -0.15) is 0 Å². The van der Waals surface area contributed by atoms with Gasteiger partial charge in [-0.25, -0.2) is 0 Å². The third-order valence-electron chi connectivity index (χ3n) is 4.63. The zero-order chi connectivity index (χ0) is 10.5. The largest absolute Gasteiger partial charge is 0.327 e. The molecule has 2 aliphatic carbocycles. The van der Waals surface area contributed by atoms with Crippen molar-refractivity contribution >= 4 is 0 Å². The van der Waals surface area contributed by atoms with Crippen molar-refractivity contribution in [3.63, 3.8) is 0 Å². The van der Waals surface area contributed by atoms with Crippen LogP contribution >= 0.6 is 0 Å². The monoisotopic (exact) mass is 209 g/mol. The number of hydrogen-bond donors (Lipinski definition) is 1. The summed E-state index contributed by atoms with van der Waals surface area (Å²) in [7, 11) is 0. The summed E-state index contributed by atoms with van der Waals surface area (Å²) in [6.07, 6.45) is 15.8. The van der Waals surface area contributed by atoms with E-state index in [0.29, 0.717) is 6.04 Å². The maximum Gasteiger partial charge on any atom is 0.00698 e. The van der Waals surface area contributed by atoms with E-state index >= 15 is 0 Å². The Morgan fingerprint density at radius 2 is 1.13 bits per heavy atom. The lowest BCUT2D eigenvalue weighted by Gasteiger charge is -2.29. The molecule has 2 rings (SSSR count). The fourth-order valence-electron chi connectivity index (χ4n) is 3.69. The Morgan fingerprint density at radius 3 is 1.93 bits per heavy atom. The van der Waals surface area contributed by atoms with Gasteiger partial charge in [0, 0.05) is 6.04 Å². The summed E-state index contributed by atoms with van der Waals surface area (Å²) in [5.74, 6) is 1.84. The molecule has 88 valence electrons. The second-order valence-electron chi connectivity index (χ2n) is 5.72. The van der Waals surface area contributed by atoms with Crippen LogP contribution in [-0.2, 0) is 0 Å². The Morgan fingerprint density at radius 1 is 0.600 bits per heavy atom. The van der Waals surface area contributed by atoms with Crippen LogP contribution in [0.4, 0.5) is 0 Å². The zero-order valence-electron chi connectivity index (χ0n) is 10.1. The maximum absolute atomic E-state index is 6.36. The highest BCUT2D eigenvalue weighted by Crippen LogP contribution is 2.36. The van der Waals surface area contributed by atoms with Crippen LogP contribution in [0.25, 0.3) is 0 Å². The van der Waals surface area contributed by atoms with Crippen LogP contribution in [0, 0.1) is 11.8 Å². The molecule has 0 aromatic carbocycles. The lowest BCUT2D eigenvalue weighted by atomic mass is 9.79. The van der Waals surface area contributed by atoms with Gasteiger partial charge >= 0.3 is 0 Å². The predicted molar refractivity (Wildman–Crippen MR) is 65.7 cm³/mol. The van der Waals surface area contributed by atoms with Crippen LogP contribution in [0.2, 0.25) is 0 Å². The SMILES string of the molecule is NC1CCCCC2CCCCCCCC12. The van der Waals surface area contributed by atoms with Crippen molar-refractivity contribution in [2.24, 2.45) is 17.6 Å². The van der Waals surface area contributed by atoms with Gasteiger partial charge in [0.2, 0.25) is 0 Å². The molecule has 0 aromatic heterocycles. The van der Waals surface area contributed by atoms with E-state index in [9.17, 15) is 0 Å². The molecule has 3 unspecified atom stereocenters. The van der Waals surface area contributed by atoms with Gasteiger partial charge in [0.15, 0.2) is 0 Å². The summed E-state index contributed by atoms with van der Waals surface area (Å²) < 4.78 is 0. The second kappa shape index (κ2) is 5.89. The van der Waals surface area contributed by atoms with Gasteiger partial charge in [0.05, 0.1) is 0 Å². The minimum atomic E-state index is 0.524. The summed E-state index contributed by atoms with van der Waals surface area (Å²) >= 11 is 0. The van der Waals surface area contributed by atoms with Crippen molar-refractivity contribution in [2.75, 3.05) is 0 Å². The van der Waals surface area contributed by atoms with E-state index in [1.807, 2.05) is 0 Å². The van der Waals surface area contributed by atoms with Crippen LogP contribution < -0.4 is 5.73 Å². The van der Waals surface area contributed by atoms with Gasteiger partial charge in [-0.1, -0.05) is 57.8 Å². The first-order valence-electron chi connectivity index (χ1n) is 7.13. The Balaban J connectivity index is 1.99. The molecule has 0 amide bonds. The minimum Gasteiger partial charge on any atom is -0.327 e. The molecule has 2 fully saturated rings. The Hall–Kier alpha value is -0.0400. The first kappa shape index (κ1) is 11.4. The van der Waals surface area contributed by atoms with E-state index in [0.717, 1.165) is 11.8 Å². The van der Waals surface area contributed by atoms with E-state index in [1.165, 1.54) is 70.6 Å². The summed E-state index contributed by atoms with van der Waals surface area (Å²) in [5.41, 5.74) is 6.36. The molecule has 0 spiro atoms. The first-order chi connectivity index (χ1) is 7.38. The normalized spacial score (nSPS) is 39.4. The molecule has 15 heavy (non-hydrogen) atoms. The number of fused-ring (bicyclic) bond motifs is 1. The van der Waals surface area contributed by atoms with Crippen LogP contribution in [0.5, 0.6) is 0 Å². The van der Waals surface area contributed by atoms with E-state index in [2.05, 4.69) is 0 Å². The van der Waals surface area contributed by atoms with Crippen molar-refractivity contribution in [3.05, 3.63) is 0 Å². The topological polar surface area (TPSA) is 26.0 Å². The fourth-order valence-corrected chi connectivity index (χ4v) is 3.69. The van der Waals surface area contributed by atoms with Crippen molar-refractivity contribution in [1.29, 1.82) is 0 Å². The van der Waals surface area contributed by atoms with Gasteiger partial charge in [-0.05, 0) is 24.7 Å². The average molecular weight is 209 g/mol. The highest BCUT2D eigenvalue weighted by Gasteiger charge is 2.28. The van der Waals surface area contributed by atoms with E-state index < -0.39 is 0 Å². The lowest BCUT2D eigenvalue weighted by molar-refractivity contribution is 0.247. The Labute approximate surface area is 94.8 Å². The molecular formula is C14H27N. The van der Waals surface area contributed by atoms with Crippen molar-refractivity contribution in [1.82, 2.24) is 0 Å². The quantitative estimate of drug-likeness (QED) is 0.644. The smallest absolute Gasteiger partial charge is 0.00698 e. The lowest BCUT2D eigenvalue weighted by Crippen LogP contribution is -2.33. The fraction of sp³-hybridized carbons (Fsp3) is 1.00. The minimum absolute atomic E-state index is 0.524. The Bertz CT molecular complexity index is 178. The van der Waals surface area contributed by atoms with E-state index in [1.54, 1.807) is 0 Å². The Kier molecular flexibility index (Phi) is 4.49. The van der Waals surface area contributed by atoms with Crippen LogP contribution in [-0.4, -0.2) is 6.04 Å². The van der Waals surface area contributed by atoms with E-state index in [4.69, 9.17) is 5.73 Å². The van der Waals surface area contributed by atoms with Crippen LogP contribution in [0.3, 0.4) is 0 Å². The highest BCUT2D eigenvalue weighted by molar-refractivity contribution is 4.83. The molecule has 0 heterocycles. The summed E-state index contributed by atoms with van der Waals surface area (Å²) in [5, 5.41) is 0. The zero-order valence-corrected chi connectivity index (χ0v) is 10.1. The van der Waals surface area contributed by atoms with Gasteiger partial charge < -0.3 is 5.73 Å². The summed E-state index contributed by atoms with van der Waals surface area (Å²) in [4.78, 5) is 0. The molecule has 2 saturated carbocycles. The summed E-state index contributed by atoms with van der Waals surface area (Å²) in [6, 6.07) is 0.524. The van der Waals surface area contributed by atoms with Crippen molar-refractivity contribution in [3.8, 4) is 0 Å². The number of hydrogen-bond acceptors (Lipinski definition) is 1. The second-order valence-corrected chi connectivity index (χ2v) is 5.72. The van der Waals surface area contributed by atoms with Crippen LogP contribution in [0.1, 0.15) is 70.6 Å². The maximum atomic E-state index is 6.36. The standard InChI is InChI=1S/C14H27N/c15-14-11-7-6-9-12-8-4-2-1-3-5-10-13(12)14/h12-14H,1-11,15H2. The molecule has 1 heteroatoms. The first-order valence-corrected chi connectivity index (χ1v) is 7.13. The third-order valence-corrected chi connectivity index (χ3v) is 4.63. The molecule has 0 radical (unpaired) electrons. The molecule has 2 N–H and O–H groups in total. The van der Waals surface area contributed by atoms with Crippen LogP contribution in [0.15, 0.2) is 0 Å². The molecule has 0 aliphatic heterocycles. The molecule has 2 aliphatic rings. The summed E-state index contributed by atoms with van der Waals surface area (Å²) in [6.45, 7) is 0. The van der Waals surface area contributed by atoms with Crippen molar-refractivity contribution in [2.45, 2.75) is 76.7 Å². The number of rotatable bonds is 0.